The van der Waals surface area contributed by atoms with Crippen LogP contribution in [-0.2, 0) is 16.6 Å². The number of aryl methyl sites for hydroxylation is 1. The van der Waals surface area contributed by atoms with E-state index >= 15 is 0 Å². The largest absolute Gasteiger partial charge is 0.335 e. The molecule has 0 atom stereocenters. The van der Waals surface area contributed by atoms with Gasteiger partial charge >= 0.3 is 0 Å². The number of hydrogen-bond acceptors (Lipinski definition) is 3. The summed E-state index contributed by atoms with van der Waals surface area (Å²) < 4.78 is 27.3. The molecule has 5 nitrogen and oxygen atoms in total. The van der Waals surface area contributed by atoms with Crippen LogP contribution < -0.4 is 0 Å². The lowest BCUT2D eigenvalue weighted by molar-refractivity contribution is 0.0752. The van der Waals surface area contributed by atoms with Gasteiger partial charge in [0.05, 0.1) is 4.90 Å². The summed E-state index contributed by atoms with van der Waals surface area (Å²) >= 11 is 6.23. The normalized spacial score (nSPS) is 11.6. The summed E-state index contributed by atoms with van der Waals surface area (Å²) in [4.78, 5) is 14.9. The quantitative estimate of drug-likeness (QED) is 0.635. The maximum atomic E-state index is 13.1. The van der Waals surface area contributed by atoms with Gasteiger partial charge in [0.25, 0.3) is 5.91 Å². The Balaban J connectivity index is 2.39. The number of rotatable bonds is 8. The highest BCUT2D eigenvalue weighted by atomic mass is 35.5. The molecule has 2 rings (SSSR count). The topological polar surface area (TPSA) is 57.7 Å². The number of halogens is 1. The van der Waals surface area contributed by atoms with Gasteiger partial charge in [-0.25, -0.2) is 8.42 Å². The van der Waals surface area contributed by atoms with Crippen LogP contribution >= 0.6 is 11.6 Å². The second kappa shape index (κ2) is 9.54. The maximum Gasteiger partial charge on any atom is 0.254 e. The molecule has 0 aliphatic heterocycles. The summed E-state index contributed by atoms with van der Waals surface area (Å²) in [6.07, 6.45) is 0. The Morgan fingerprint density at radius 3 is 2.21 bits per heavy atom. The minimum Gasteiger partial charge on any atom is -0.335 e. The fourth-order valence-corrected chi connectivity index (χ4v) is 4.96. The van der Waals surface area contributed by atoms with E-state index in [0.717, 1.165) is 5.56 Å². The van der Waals surface area contributed by atoms with Crippen molar-refractivity contribution < 1.29 is 13.2 Å². The van der Waals surface area contributed by atoms with Crippen molar-refractivity contribution in [2.24, 2.45) is 0 Å². The lowest BCUT2D eigenvalue weighted by Gasteiger charge is -2.23. The van der Waals surface area contributed by atoms with Crippen LogP contribution in [0.1, 0.15) is 42.3 Å². The van der Waals surface area contributed by atoms with Gasteiger partial charge in [-0.3, -0.25) is 4.79 Å². The second-order valence-electron chi connectivity index (χ2n) is 6.48. The number of hydrogen-bond donors (Lipinski definition) is 0. The van der Waals surface area contributed by atoms with E-state index in [1.54, 1.807) is 43.9 Å². The van der Waals surface area contributed by atoms with Gasteiger partial charge in [0.2, 0.25) is 10.0 Å². The zero-order valence-electron chi connectivity index (χ0n) is 16.8. The van der Waals surface area contributed by atoms with Gasteiger partial charge in [-0.15, -0.1) is 0 Å². The Morgan fingerprint density at radius 2 is 1.64 bits per heavy atom. The average molecular weight is 423 g/mol. The number of amides is 1. The number of benzene rings is 2. The van der Waals surface area contributed by atoms with Crippen LogP contribution in [0.2, 0.25) is 5.02 Å². The van der Waals surface area contributed by atoms with E-state index in [1.165, 1.54) is 10.4 Å². The molecule has 2 aromatic rings. The van der Waals surface area contributed by atoms with Gasteiger partial charge in [0.15, 0.2) is 0 Å². The van der Waals surface area contributed by atoms with Crippen molar-refractivity contribution in [1.82, 2.24) is 9.21 Å². The molecule has 0 aliphatic carbocycles. The third kappa shape index (κ3) is 4.74. The summed E-state index contributed by atoms with van der Waals surface area (Å²) in [5, 5.41) is 0.599. The smallest absolute Gasteiger partial charge is 0.254 e. The van der Waals surface area contributed by atoms with E-state index in [1.807, 2.05) is 25.1 Å². The SMILES string of the molecule is CCN(Cc1ccccc1Cl)C(=O)c1ccc(C)c(S(=O)(=O)N(CC)CC)c1. The first-order valence-corrected chi connectivity index (χ1v) is 11.2. The van der Waals surface area contributed by atoms with Crippen molar-refractivity contribution >= 4 is 27.5 Å². The molecule has 0 aromatic heterocycles. The number of carbonyl (C=O) groups excluding carboxylic acids is 1. The van der Waals surface area contributed by atoms with Crippen molar-refractivity contribution in [2.45, 2.75) is 39.1 Å². The molecule has 0 unspecified atom stereocenters. The van der Waals surface area contributed by atoms with Gasteiger partial charge < -0.3 is 4.90 Å². The Morgan fingerprint density at radius 1 is 1.00 bits per heavy atom. The van der Waals surface area contributed by atoms with Gasteiger partial charge in [-0.05, 0) is 43.2 Å². The minimum absolute atomic E-state index is 0.177. The molecule has 0 saturated carbocycles. The predicted octanol–water partition coefficient (Wildman–Crippen LogP) is 4.34. The molecule has 28 heavy (non-hydrogen) atoms. The first kappa shape index (κ1) is 22.4. The highest BCUT2D eigenvalue weighted by Gasteiger charge is 2.25. The van der Waals surface area contributed by atoms with Gasteiger partial charge in [-0.1, -0.05) is 49.7 Å². The molecule has 0 radical (unpaired) electrons. The van der Waals surface area contributed by atoms with Gasteiger partial charge in [0, 0.05) is 36.8 Å². The van der Waals surface area contributed by atoms with Crippen LogP contribution in [0.3, 0.4) is 0 Å². The molecule has 0 bridgehead atoms. The molecular formula is C21H27ClN2O3S. The van der Waals surface area contributed by atoms with Crippen LogP contribution in [0.15, 0.2) is 47.4 Å². The number of carbonyl (C=O) groups is 1. The van der Waals surface area contributed by atoms with E-state index in [9.17, 15) is 13.2 Å². The van der Waals surface area contributed by atoms with Gasteiger partial charge in [0.1, 0.15) is 0 Å². The highest BCUT2D eigenvalue weighted by Crippen LogP contribution is 2.23. The van der Waals surface area contributed by atoms with E-state index in [4.69, 9.17) is 11.6 Å². The van der Waals surface area contributed by atoms with E-state index in [2.05, 4.69) is 0 Å². The Hall–Kier alpha value is -1.89. The molecule has 0 saturated heterocycles. The lowest BCUT2D eigenvalue weighted by Crippen LogP contribution is -2.32. The van der Waals surface area contributed by atoms with Gasteiger partial charge in [-0.2, -0.15) is 4.31 Å². The zero-order valence-corrected chi connectivity index (χ0v) is 18.3. The van der Waals surface area contributed by atoms with Crippen molar-refractivity contribution in [1.29, 1.82) is 0 Å². The Kier molecular flexibility index (Phi) is 7.63. The zero-order chi connectivity index (χ0) is 20.9. The van der Waals surface area contributed by atoms with E-state index in [0.29, 0.717) is 42.3 Å². The van der Waals surface area contributed by atoms with Crippen LogP contribution in [0.5, 0.6) is 0 Å². The molecule has 1 amide bonds. The standard InChI is InChI=1S/C21H27ClN2O3S/c1-5-23(15-18-10-8-9-11-19(18)22)21(25)17-13-12-16(4)20(14-17)28(26,27)24(6-2)7-3/h8-14H,5-7,15H2,1-4H3. The van der Waals surface area contributed by atoms with Crippen LogP contribution in [0.4, 0.5) is 0 Å². The molecule has 0 spiro atoms. The molecule has 0 fully saturated rings. The highest BCUT2D eigenvalue weighted by molar-refractivity contribution is 7.89. The van der Waals surface area contributed by atoms with Crippen LogP contribution in [-0.4, -0.2) is 43.2 Å². The molecule has 7 heteroatoms. The molecular weight excluding hydrogens is 396 g/mol. The lowest BCUT2D eigenvalue weighted by atomic mass is 10.1. The molecule has 2 aromatic carbocycles. The minimum atomic E-state index is -3.64. The fourth-order valence-electron chi connectivity index (χ4n) is 3.06. The number of sulfonamides is 1. The van der Waals surface area contributed by atoms with Crippen LogP contribution in [0, 0.1) is 6.92 Å². The average Bonchev–Trinajstić information content (AvgIpc) is 2.67. The monoisotopic (exact) mass is 422 g/mol. The molecule has 0 N–H and O–H groups in total. The third-order valence-electron chi connectivity index (χ3n) is 4.75. The van der Waals surface area contributed by atoms with Crippen molar-refractivity contribution in [2.75, 3.05) is 19.6 Å². The number of nitrogens with zero attached hydrogens (tertiary/aromatic N) is 2. The van der Waals surface area contributed by atoms with E-state index in [-0.39, 0.29) is 10.8 Å². The first-order chi connectivity index (χ1) is 13.3. The van der Waals surface area contributed by atoms with Crippen molar-refractivity contribution in [3.8, 4) is 0 Å². The van der Waals surface area contributed by atoms with E-state index < -0.39 is 10.0 Å². The Labute approximate surface area is 173 Å². The fraction of sp³-hybridized carbons (Fsp3) is 0.381. The maximum absolute atomic E-state index is 13.1. The summed E-state index contributed by atoms with van der Waals surface area (Å²) in [6.45, 7) is 8.83. The molecule has 0 aliphatic rings. The summed E-state index contributed by atoms with van der Waals surface area (Å²) in [6, 6.07) is 12.2. The van der Waals surface area contributed by atoms with Crippen LogP contribution in [0.25, 0.3) is 0 Å². The summed E-state index contributed by atoms with van der Waals surface area (Å²) in [5.41, 5.74) is 1.82. The molecule has 152 valence electrons. The third-order valence-corrected chi connectivity index (χ3v) is 7.31. The first-order valence-electron chi connectivity index (χ1n) is 9.39. The Bertz CT molecular complexity index is 940. The van der Waals surface area contributed by atoms with Crippen molar-refractivity contribution in [3.05, 3.63) is 64.2 Å². The molecule has 0 heterocycles. The predicted molar refractivity (Wildman–Crippen MR) is 113 cm³/mol. The summed E-state index contributed by atoms with van der Waals surface area (Å²) in [5.74, 6) is -0.224. The van der Waals surface area contributed by atoms with Crippen molar-refractivity contribution in [3.63, 3.8) is 0 Å². The summed E-state index contributed by atoms with van der Waals surface area (Å²) in [7, 11) is -3.64. The second-order valence-corrected chi connectivity index (χ2v) is 8.79.